The predicted molar refractivity (Wildman–Crippen MR) is 79.4 cm³/mol. The molecule has 0 bridgehead atoms. The summed E-state index contributed by atoms with van der Waals surface area (Å²) in [5.41, 5.74) is 2.79. The number of aryl methyl sites for hydroxylation is 1. The standard InChI is InChI=1S/C15H12INO/c1-11-2-3-13(9-17)8-15(11)18-10-12-4-6-14(16)7-5-12/h2-8H,10H2,1H3. The van der Waals surface area contributed by atoms with Gasteiger partial charge in [-0.15, -0.1) is 0 Å². The normalized spacial score (nSPS) is 9.83. The van der Waals surface area contributed by atoms with Crippen LogP contribution in [0.2, 0.25) is 0 Å². The molecule has 2 aromatic carbocycles. The van der Waals surface area contributed by atoms with E-state index in [0.29, 0.717) is 12.2 Å². The van der Waals surface area contributed by atoms with E-state index in [-0.39, 0.29) is 0 Å². The van der Waals surface area contributed by atoms with Gasteiger partial charge >= 0.3 is 0 Å². The monoisotopic (exact) mass is 349 g/mol. The predicted octanol–water partition coefficient (Wildman–Crippen LogP) is 4.05. The molecule has 0 heterocycles. The van der Waals surface area contributed by atoms with Crippen LogP contribution in [0.3, 0.4) is 0 Å². The van der Waals surface area contributed by atoms with Crippen LogP contribution >= 0.6 is 22.6 Å². The van der Waals surface area contributed by atoms with Gasteiger partial charge in [-0.3, -0.25) is 0 Å². The Hall–Kier alpha value is -1.54. The van der Waals surface area contributed by atoms with Gasteiger partial charge in [-0.25, -0.2) is 0 Å². The first-order chi connectivity index (χ1) is 8.69. The molecule has 2 aromatic rings. The van der Waals surface area contributed by atoms with Crippen LogP contribution in [0, 0.1) is 21.8 Å². The molecule has 0 aromatic heterocycles. The van der Waals surface area contributed by atoms with E-state index in [0.717, 1.165) is 16.9 Å². The average Bonchev–Trinajstić information content (AvgIpc) is 2.40. The number of hydrogen-bond donors (Lipinski definition) is 0. The summed E-state index contributed by atoms with van der Waals surface area (Å²) in [5, 5.41) is 8.86. The molecule has 0 saturated carbocycles. The molecular formula is C15H12INO. The quantitative estimate of drug-likeness (QED) is 0.784. The SMILES string of the molecule is Cc1ccc(C#N)cc1OCc1ccc(I)cc1. The summed E-state index contributed by atoms with van der Waals surface area (Å²) in [7, 11) is 0. The Morgan fingerprint density at radius 3 is 2.56 bits per heavy atom. The van der Waals surface area contributed by atoms with Gasteiger partial charge in [0.25, 0.3) is 0 Å². The first-order valence-corrected chi connectivity index (χ1v) is 6.65. The van der Waals surface area contributed by atoms with Gasteiger partial charge in [0, 0.05) is 3.57 Å². The van der Waals surface area contributed by atoms with E-state index >= 15 is 0 Å². The van der Waals surface area contributed by atoms with Crippen molar-refractivity contribution < 1.29 is 4.74 Å². The van der Waals surface area contributed by atoms with E-state index in [9.17, 15) is 0 Å². The van der Waals surface area contributed by atoms with E-state index in [4.69, 9.17) is 10.00 Å². The van der Waals surface area contributed by atoms with Crippen molar-refractivity contribution in [3.63, 3.8) is 0 Å². The van der Waals surface area contributed by atoms with Crippen molar-refractivity contribution in [2.45, 2.75) is 13.5 Å². The van der Waals surface area contributed by atoms with Gasteiger partial charge in [0.05, 0.1) is 11.6 Å². The van der Waals surface area contributed by atoms with Gasteiger partial charge in [0.15, 0.2) is 0 Å². The van der Waals surface area contributed by atoms with E-state index in [1.807, 2.05) is 25.1 Å². The number of benzene rings is 2. The minimum absolute atomic E-state index is 0.520. The minimum Gasteiger partial charge on any atom is -0.489 e. The number of halogens is 1. The second kappa shape index (κ2) is 5.87. The highest BCUT2D eigenvalue weighted by Crippen LogP contribution is 2.20. The van der Waals surface area contributed by atoms with E-state index in [1.165, 1.54) is 3.57 Å². The molecule has 0 atom stereocenters. The molecule has 2 rings (SSSR count). The van der Waals surface area contributed by atoms with Crippen LogP contribution in [-0.2, 0) is 6.61 Å². The van der Waals surface area contributed by atoms with Crippen LogP contribution in [-0.4, -0.2) is 0 Å². The number of nitriles is 1. The van der Waals surface area contributed by atoms with Crippen molar-refractivity contribution in [2.24, 2.45) is 0 Å². The summed E-state index contributed by atoms with van der Waals surface area (Å²) >= 11 is 2.27. The van der Waals surface area contributed by atoms with Gasteiger partial charge < -0.3 is 4.74 Å². The van der Waals surface area contributed by atoms with Crippen molar-refractivity contribution >= 4 is 22.6 Å². The fourth-order valence-electron chi connectivity index (χ4n) is 1.57. The lowest BCUT2D eigenvalue weighted by molar-refractivity contribution is 0.304. The van der Waals surface area contributed by atoms with Gasteiger partial charge in [-0.2, -0.15) is 5.26 Å². The molecule has 0 N–H and O–H groups in total. The largest absolute Gasteiger partial charge is 0.489 e. The molecule has 0 aliphatic rings. The van der Waals surface area contributed by atoms with Gasteiger partial charge in [-0.1, -0.05) is 18.2 Å². The lowest BCUT2D eigenvalue weighted by atomic mass is 10.1. The maximum Gasteiger partial charge on any atom is 0.124 e. The third-order valence-corrected chi connectivity index (χ3v) is 3.34. The molecule has 0 fully saturated rings. The summed E-state index contributed by atoms with van der Waals surface area (Å²) < 4.78 is 6.96. The molecule has 3 heteroatoms. The molecule has 0 aliphatic carbocycles. The molecule has 90 valence electrons. The third kappa shape index (κ3) is 3.23. The van der Waals surface area contributed by atoms with Crippen molar-refractivity contribution in [1.29, 1.82) is 5.26 Å². The van der Waals surface area contributed by atoms with Crippen molar-refractivity contribution in [1.82, 2.24) is 0 Å². The Balaban J connectivity index is 2.10. The minimum atomic E-state index is 0.520. The molecule has 0 amide bonds. The van der Waals surface area contributed by atoms with Gasteiger partial charge in [0.2, 0.25) is 0 Å². The van der Waals surface area contributed by atoms with Crippen LogP contribution in [0.1, 0.15) is 16.7 Å². The number of hydrogen-bond acceptors (Lipinski definition) is 2. The zero-order valence-corrected chi connectivity index (χ0v) is 12.1. The maximum atomic E-state index is 8.86. The van der Waals surface area contributed by atoms with Crippen molar-refractivity contribution in [3.05, 3.63) is 62.7 Å². The highest BCUT2D eigenvalue weighted by Gasteiger charge is 2.02. The summed E-state index contributed by atoms with van der Waals surface area (Å²) in [6.45, 7) is 2.50. The van der Waals surface area contributed by atoms with Crippen LogP contribution in [0.5, 0.6) is 5.75 Å². The van der Waals surface area contributed by atoms with E-state index < -0.39 is 0 Å². The maximum absolute atomic E-state index is 8.86. The zero-order chi connectivity index (χ0) is 13.0. The Bertz CT molecular complexity index is 584. The molecule has 0 spiro atoms. The summed E-state index contributed by atoms with van der Waals surface area (Å²) in [5.74, 6) is 0.771. The van der Waals surface area contributed by atoms with E-state index in [1.54, 1.807) is 12.1 Å². The molecule has 0 radical (unpaired) electrons. The summed E-state index contributed by atoms with van der Waals surface area (Å²) in [6.07, 6.45) is 0. The zero-order valence-electron chi connectivity index (χ0n) is 9.98. The molecule has 18 heavy (non-hydrogen) atoms. The third-order valence-electron chi connectivity index (χ3n) is 2.62. The fraction of sp³-hybridized carbons (Fsp3) is 0.133. The topological polar surface area (TPSA) is 33.0 Å². The van der Waals surface area contributed by atoms with Crippen LogP contribution in [0.4, 0.5) is 0 Å². The Labute approximate surface area is 120 Å². The molecule has 0 unspecified atom stereocenters. The highest BCUT2D eigenvalue weighted by atomic mass is 127. The Morgan fingerprint density at radius 1 is 1.17 bits per heavy atom. The molecule has 0 aliphatic heterocycles. The summed E-state index contributed by atoms with van der Waals surface area (Å²) in [4.78, 5) is 0. The number of rotatable bonds is 3. The first kappa shape index (κ1) is 12.9. The van der Waals surface area contributed by atoms with Crippen LogP contribution in [0.15, 0.2) is 42.5 Å². The number of ether oxygens (including phenoxy) is 1. The van der Waals surface area contributed by atoms with Gasteiger partial charge in [0.1, 0.15) is 12.4 Å². The van der Waals surface area contributed by atoms with Crippen molar-refractivity contribution in [2.75, 3.05) is 0 Å². The first-order valence-electron chi connectivity index (χ1n) is 5.57. The Kier molecular flexibility index (Phi) is 4.21. The Morgan fingerprint density at radius 2 is 1.89 bits per heavy atom. The van der Waals surface area contributed by atoms with Crippen molar-refractivity contribution in [3.8, 4) is 11.8 Å². The molecule has 2 nitrogen and oxygen atoms in total. The molecule has 0 saturated heterocycles. The smallest absolute Gasteiger partial charge is 0.124 e. The second-order valence-electron chi connectivity index (χ2n) is 4.01. The average molecular weight is 349 g/mol. The highest BCUT2D eigenvalue weighted by molar-refractivity contribution is 14.1. The number of nitrogens with zero attached hydrogens (tertiary/aromatic N) is 1. The van der Waals surface area contributed by atoms with Crippen LogP contribution < -0.4 is 4.74 Å². The fourth-order valence-corrected chi connectivity index (χ4v) is 1.93. The van der Waals surface area contributed by atoms with Crippen LogP contribution in [0.25, 0.3) is 0 Å². The van der Waals surface area contributed by atoms with E-state index in [2.05, 4.69) is 40.8 Å². The lowest BCUT2D eigenvalue weighted by Gasteiger charge is -2.09. The lowest BCUT2D eigenvalue weighted by Crippen LogP contribution is -1.97. The summed E-state index contributed by atoms with van der Waals surface area (Å²) in [6, 6.07) is 15.8. The molecular weight excluding hydrogens is 337 g/mol. The van der Waals surface area contributed by atoms with Gasteiger partial charge in [-0.05, 0) is 64.9 Å². The second-order valence-corrected chi connectivity index (χ2v) is 5.25.